The molecule has 0 saturated heterocycles. The van der Waals surface area contributed by atoms with E-state index in [1.54, 1.807) is 32.3 Å². The number of hydrogen-bond donors (Lipinski definition) is 2. The quantitative estimate of drug-likeness (QED) is 0.268. The number of carbonyl (C=O) groups excluding carboxylic acids is 2. The van der Waals surface area contributed by atoms with E-state index in [0.717, 1.165) is 12.8 Å². The zero-order valence-corrected chi connectivity index (χ0v) is 23.8. The standard InChI is InChI=1S/C28H34F5N7O3/c1-3-16(12-28(31,32)33)10-22(41)36-24(17-4-5-17)19-11-21-35-20(14-40(21)34-13-19)25(18-6-8-27(29,30)9-7-18)37-26(42)23-15(2)38-43-39-23/h11,13-14,16-18,24-25H,3-10,12H2,1-2H3,(H,36,41)(H,37,42)/t16-,24?,25-/m0/s1. The van der Waals surface area contributed by atoms with Crippen molar-refractivity contribution in [3.8, 4) is 0 Å². The third-order valence-corrected chi connectivity index (χ3v) is 8.41. The molecule has 5 rings (SSSR count). The Morgan fingerprint density at radius 2 is 1.79 bits per heavy atom. The lowest BCUT2D eigenvalue weighted by Crippen LogP contribution is -2.37. The second kappa shape index (κ2) is 12.2. The molecule has 2 amide bonds. The predicted octanol–water partition coefficient (Wildman–Crippen LogP) is 5.65. The number of halogens is 5. The van der Waals surface area contributed by atoms with Crippen molar-refractivity contribution in [1.29, 1.82) is 0 Å². The number of nitrogens with zero attached hydrogens (tertiary/aromatic N) is 5. The van der Waals surface area contributed by atoms with Gasteiger partial charge in [0.15, 0.2) is 11.3 Å². The lowest BCUT2D eigenvalue weighted by Gasteiger charge is -2.33. The number of rotatable bonds is 11. The van der Waals surface area contributed by atoms with Gasteiger partial charge in [-0.1, -0.05) is 18.5 Å². The largest absolute Gasteiger partial charge is 0.389 e. The minimum atomic E-state index is -4.34. The normalized spacial score (nSPS) is 19.6. The molecule has 3 heterocycles. The third-order valence-electron chi connectivity index (χ3n) is 8.41. The van der Waals surface area contributed by atoms with Gasteiger partial charge in [0.1, 0.15) is 5.69 Å². The van der Waals surface area contributed by atoms with Gasteiger partial charge < -0.3 is 10.6 Å². The van der Waals surface area contributed by atoms with E-state index < -0.39 is 48.3 Å². The van der Waals surface area contributed by atoms with Gasteiger partial charge in [-0.2, -0.15) is 18.3 Å². The maximum Gasteiger partial charge on any atom is 0.389 e. The molecule has 10 nitrogen and oxygen atoms in total. The van der Waals surface area contributed by atoms with Crippen molar-refractivity contribution in [3.05, 3.63) is 41.1 Å². The Labute approximate surface area is 244 Å². The fourth-order valence-corrected chi connectivity index (χ4v) is 5.79. The number of aryl methyl sites for hydroxylation is 1. The molecule has 0 spiro atoms. The molecule has 3 aromatic rings. The molecule has 2 aliphatic rings. The van der Waals surface area contributed by atoms with E-state index in [4.69, 9.17) is 0 Å². The topological polar surface area (TPSA) is 127 Å². The van der Waals surface area contributed by atoms with Gasteiger partial charge in [-0.05, 0) is 67.1 Å². The van der Waals surface area contributed by atoms with Gasteiger partial charge in [-0.25, -0.2) is 22.9 Å². The molecule has 2 N–H and O–H groups in total. The van der Waals surface area contributed by atoms with Gasteiger partial charge >= 0.3 is 6.18 Å². The first-order valence-electron chi connectivity index (χ1n) is 14.5. The third kappa shape index (κ3) is 7.66. The molecule has 0 bridgehead atoms. The maximum absolute atomic E-state index is 14.0. The molecule has 1 unspecified atom stereocenters. The Morgan fingerprint density at radius 3 is 2.40 bits per heavy atom. The summed E-state index contributed by atoms with van der Waals surface area (Å²) < 4.78 is 72.8. The zero-order chi connectivity index (χ0) is 30.9. The highest BCUT2D eigenvalue weighted by Gasteiger charge is 2.40. The van der Waals surface area contributed by atoms with Gasteiger partial charge in [-0.15, -0.1) is 0 Å². The maximum atomic E-state index is 14.0. The molecule has 3 aromatic heterocycles. The van der Waals surface area contributed by atoms with Crippen LogP contribution in [-0.2, 0) is 4.79 Å². The molecule has 2 saturated carbocycles. The molecule has 2 fully saturated rings. The fourth-order valence-electron chi connectivity index (χ4n) is 5.79. The van der Waals surface area contributed by atoms with Gasteiger partial charge in [0.2, 0.25) is 11.8 Å². The van der Waals surface area contributed by atoms with Crippen LogP contribution < -0.4 is 10.6 Å². The van der Waals surface area contributed by atoms with Crippen LogP contribution in [0, 0.1) is 24.7 Å². The summed E-state index contributed by atoms with van der Waals surface area (Å²) in [5.74, 6) is -4.79. The van der Waals surface area contributed by atoms with E-state index in [-0.39, 0.29) is 61.7 Å². The van der Waals surface area contributed by atoms with Crippen molar-refractivity contribution in [2.24, 2.45) is 17.8 Å². The van der Waals surface area contributed by atoms with Gasteiger partial charge in [0, 0.05) is 25.7 Å². The Kier molecular flexibility index (Phi) is 8.70. The molecule has 0 aliphatic heterocycles. The van der Waals surface area contributed by atoms with E-state index in [0.29, 0.717) is 16.9 Å². The summed E-state index contributed by atoms with van der Waals surface area (Å²) in [6, 6.07) is 0.586. The Morgan fingerprint density at radius 1 is 1.09 bits per heavy atom. The van der Waals surface area contributed by atoms with Crippen LogP contribution in [0.25, 0.3) is 5.65 Å². The number of alkyl halides is 5. The van der Waals surface area contributed by atoms with Crippen LogP contribution >= 0.6 is 0 Å². The number of nitrogens with one attached hydrogen (secondary N) is 2. The highest BCUT2D eigenvalue weighted by molar-refractivity contribution is 5.93. The predicted molar refractivity (Wildman–Crippen MR) is 142 cm³/mol. The first-order valence-corrected chi connectivity index (χ1v) is 14.5. The van der Waals surface area contributed by atoms with Crippen molar-refractivity contribution >= 4 is 17.5 Å². The molecule has 15 heteroatoms. The van der Waals surface area contributed by atoms with Crippen molar-refractivity contribution < 1.29 is 36.2 Å². The van der Waals surface area contributed by atoms with E-state index in [1.807, 2.05) is 0 Å². The zero-order valence-electron chi connectivity index (χ0n) is 23.8. The van der Waals surface area contributed by atoms with E-state index in [1.165, 1.54) is 4.52 Å². The molecule has 0 radical (unpaired) electrons. The minimum absolute atomic E-state index is 0.0149. The average Bonchev–Trinajstić information content (AvgIpc) is 3.54. The van der Waals surface area contributed by atoms with E-state index in [9.17, 15) is 31.5 Å². The van der Waals surface area contributed by atoms with E-state index >= 15 is 0 Å². The summed E-state index contributed by atoms with van der Waals surface area (Å²) in [5.41, 5.74) is 1.76. The van der Waals surface area contributed by atoms with Crippen LogP contribution in [0.4, 0.5) is 22.0 Å². The van der Waals surface area contributed by atoms with Gasteiger partial charge in [-0.3, -0.25) is 9.59 Å². The lowest BCUT2D eigenvalue weighted by molar-refractivity contribution is -0.147. The molecule has 3 atom stereocenters. The molecular weight excluding hydrogens is 577 g/mol. The first kappa shape index (κ1) is 30.8. The Balaban J connectivity index is 1.37. The SMILES string of the molecule is CC[C@@H](CC(=O)NC(c1cnn2cc([C@@H](NC(=O)c3nonc3C)C3CCC(F)(F)CC3)nc2c1)C1CC1)CC(F)(F)F. The van der Waals surface area contributed by atoms with Crippen LogP contribution in [0.1, 0.15) is 104 Å². The van der Waals surface area contributed by atoms with Crippen molar-refractivity contribution in [2.45, 2.75) is 95.8 Å². The van der Waals surface area contributed by atoms with Crippen molar-refractivity contribution in [3.63, 3.8) is 0 Å². The monoisotopic (exact) mass is 611 g/mol. The van der Waals surface area contributed by atoms with Gasteiger partial charge in [0.25, 0.3) is 5.91 Å². The Hall–Kier alpha value is -3.65. The summed E-state index contributed by atoms with van der Waals surface area (Å²) in [5, 5.41) is 17.5. The second-order valence-electron chi connectivity index (χ2n) is 11.8. The highest BCUT2D eigenvalue weighted by atomic mass is 19.4. The first-order chi connectivity index (χ1) is 20.3. The smallest absolute Gasteiger partial charge is 0.349 e. The summed E-state index contributed by atoms with van der Waals surface area (Å²) in [6.07, 6.45) is -0.732. The molecular formula is C28H34F5N7O3. The van der Waals surface area contributed by atoms with Crippen molar-refractivity contribution in [2.75, 3.05) is 0 Å². The number of carbonyl (C=O) groups is 2. The number of hydrogen-bond acceptors (Lipinski definition) is 7. The van der Waals surface area contributed by atoms with Crippen molar-refractivity contribution in [1.82, 2.24) is 35.5 Å². The van der Waals surface area contributed by atoms with Crippen LogP contribution in [0.2, 0.25) is 0 Å². The Bertz CT molecular complexity index is 1440. The summed E-state index contributed by atoms with van der Waals surface area (Å²) in [7, 11) is 0. The molecule has 43 heavy (non-hydrogen) atoms. The number of aromatic nitrogens is 5. The number of imidazole rings is 1. The number of amides is 2. The highest BCUT2D eigenvalue weighted by Crippen LogP contribution is 2.43. The van der Waals surface area contributed by atoms with E-state index in [2.05, 4.69) is 35.7 Å². The van der Waals surface area contributed by atoms with Crippen LogP contribution in [-0.4, -0.2) is 48.8 Å². The van der Waals surface area contributed by atoms with Gasteiger partial charge in [0.05, 0.1) is 30.2 Å². The van der Waals surface area contributed by atoms with Crippen LogP contribution in [0.15, 0.2) is 23.1 Å². The molecule has 234 valence electrons. The summed E-state index contributed by atoms with van der Waals surface area (Å²) >= 11 is 0. The summed E-state index contributed by atoms with van der Waals surface area (Å²) in [6.45, 7) is 3.19. The number of fused-ring (bicyclic) bond motifs is 1. The minimum Gasteiger partial charge on any atom is -0.349 e. The summed E-state index contributed by atoms with van der Waals surface area (Å²) in [4.78, 5) is 30.5. The van der Waals surface area contributed by atoms with Crippen LogP contribution in [0.3, 0.4) is 0 Å². The second-order valence-corrected chi connectivity index (χ2v) is 11.8. The molecule has 0 aromatic carbocycles. The average molecular weight is 612 g/mol. The molecule has 2 aliphatic carbocycles. The van der Waals surface area contributed by atoms with Crippen LogP contribution in [0.5, 0.6) is 0 Å². The fraction of sp³-hybridized carbons (Fsp3) is 0.643. The lowest BCUT2D eigenvalue weighted by atomic mass is 9.81.